The number of amides is 1. The lowest BCUT2D eigenvalue weighted by molar-refractivity contribution is -0.0585. The largest absolute Gasteiger partial charge is 0.452 e. The molecule has 0 aromatic carbocycles. The van der Waals surface area contributed by atoms with Crippen molar-refractivity contribution in [3.05, 3.63) is 22.6 Å². The number of nitrogens with zero attached hydrogens (tertiary/aromatic N) is 1. The van der Waals surface area contributed by atoms with Crippen molar-refractivity contribution >= 4 is 22.0 Å². The van der Waals surface area contributed by atoms with E-state index in [9.17, 15) is 4.79 Å². The summed E-state index contributed by atoms with van der Waals surface area (Å²) in [7, 11) is 0. The number of halogens is 1. The Morgan fingerprint density at radius 3 is 2.73 bits per heavy atom. The first-order valence-corrected chi connectivity index (χ1v) is 8.38. The van der Waals surface area contributed by atoms with Crippen molar-refractivity contribution in [1.29, 1.82) is 0 Å². The van der Waals surface area contributed by atoms with Crippen LogP contribution in [0.4, 0.5) is 4.79 Å². The highest BCUT2D eigenvalue weighted by atomic mass is 79.9. The van der Waals surface area contributed by atoms with Gasteiger partial charge in [0, 0.05) is 6.54 Å². The molecule has 5 nitrogen and oxygen atoms in total. The molecule has 6 heteroatoms. The normalized spacial score (nSPS) is 22.1. The highest BCUT2D eigenvalue weighted by Crippen LogP contribution is 2.31. The lowest BCUT2D eigenvalue weighted by atomic mass is 10.00. The van der Waals surface area contributed by atoms with Crippen molar-refractivity contribution < 1.29 is 18.7 Å². The van der Waals surface area contributed by atoms with Gasteiger partial charge in [0.15, 0.2) is 4.67 Å². The summed E-state index contributed by atoms with van der Waals surface area (Å²) in [4.78, 5) is 13.9. The van der Waals surface area contributed by atoms with Gasteiger partial charge < -0.3 is 18.8 Å². The molecule has 22 heavy (non-hydrogen) atoms. The fraction of sp³-hybridized carbons (Fsp3) is 0.688. The van der Waals surface area contributed by atoms with Crippen LogP contribution in [-0.4, -0.2) is 35.3 Å². The first kappa shape index (κ1) is 17.3. The van der Waals surface area contributed by atoms with Crippen LogP contribution in [-0.2, 0) is 16.1 Å². The van der Waals surface area contributed by atoms with E-state index in [1.54, 1.807) is 4.90 Å². The van der Waals surface area contributed by atoms with Crippen LogP contribution in [0.2, 0.25) is 0 Å². The second-order valence-corrected chi connectivity index (χ2v) is 7.46. The summed E-state index contributed by atoms with van der Waals surface area (Å²) >= 11 is 3.28. The Bertz CT molecular complexity index is 522. The third-order valence-corrected chi connectivity index (χ3v) is 4.19. The Hall–Kier alpha value is -1.01. The summed E-state index contributed by atoms with van der Waals surface area (Å²) in [6, 6.07) is 3.73. The third kappa shape index (κ3) is 4.49. The molecule has 1 aromatic rings. The van der Waals surface area contributed by atoms with Gasteiger partial charge in [-0.05, 0) is 61.7 Å². The van der Waals surface area contributed by atoms with Gasteiger partial charge in [0.25, 0.3) is 0 Å². The Morgan fingerprint density at radius 2 is 2.18 bits per heavy atom. The molecule has 1 atom stereocenters. The van der Waals surface area contributed by atoms with Gasteiger partial charge in [0.05, 0.1) is 12.1 Å². The van der Waals surface area contributed by atoms with E-state index in [1.807, 2.05) is 32.9 Å². The van der Waals surface area contributed by atoms with Crippen molar-refractivity contribution in [2.24, 2.45) is 0 Å². The van der Waals surface area contributed by atoms with Gasteiger partial charge in [-0.25, -0.2) is 4.79 Å². The zero-order valence-electron chi connectivity index (χ0n) is 13.6. The number of hydrogen-bond donors (Lipinski definition) is 0. The average molecular weight is 374 g/mol. The van der Waals surface area contributed by atoms with Crippen LogP contribution >= 0.6 is 15.9 Å². The Kier molecular flexibility index (Phi) is 5.22. The van der Waals surface area contributed by atoms with Gasteiger partial charge in [-0.2, -0.15) is 0 Å². The predicted molar refractivity (Wildman–Crippen MR) is 86.6 cm³/mol. The van der Waals surface area contributed by atoms with Crippen LogP contribution in [0.15, 0.2) is 21.2 Å². The van der Waals surface area contributed by atoms with Crippen LogP contribution in [0, 0.1) is 0 Å². The molecule has 0 N–H and O–H groups in total. The summed E-state index contributed by atoms with van der Waals surface area (Å²) < 4.78 is 17.7. The lowest BCUT2D eigenvalue weighted by Crippen LogP contribution is -2.40. The number of ether oxygens (including phenoxy) is 2. The maximum Gasteiger partial charge on any atom is 0.410 e. The molecule has 1 aliphatic rings. The van der Waals surface area contributed by atoms with E-state index >= 15 is 0 Å². The number of rotatable bonds is 4. The van der Waals surface area contributed by atoms with Crippen LogP contribution in [0.25, 0.3) is 0 Å². The monoisotopic (exact) mass is 373 g/mol. The fourth-order valence-electron chi connectivity index (χ4n) is 2.49. The summed E-state index contributed by atoms with van der Waals surface area (Å²) in [6.45, 7) is 9.32. The number of hydrogen-bond acceptors (Lipinski definition) is 4. The minimum Gasteiger partial charge on any atom is -0.452 e. The average Bonchev–Trinajstić information content (AvgIpc) is 3.02. The van der Waals surface area contributed by atoms with Crippen LogP contribution in [0.5, 0.6) is 0 Å². The second-order valence-electron chi connectivity index (χ2n) is 6.68. The molecule has 1 amide bonds. The molecular weight excluding hydrogens is 350 g/mol. The molecule has 2 heterocycles. The molecule has 1 aromatic heterocycles. The van der Waals surface area contributed by atoms with Gasteiger partial charge in [-0.1, -0.05) is 6.92 Å². The minimum absolute atomic E-state index is 0.271. The van der Waals surface area contributed by atoms with Crippen molar-refractivity contribution in [3.8, 4) is 0 Å². The van der Waals surface area contributed by atoms with Crippen LogP contribution < -0.4 is 0 Å². The Morgan fingerprint density at radius 1 is 1.45 bits per heavy atom. The van der Waals surface area contributed by atoms with Gasteiger partial charge in [0.1, 0.15) is 18.0 Å². The Labute approximate surface area is 140 Å². The van der Waals surface area contributed by atoms with Crippen molar-refractivity contribution in [3.63, 3.8) is 0 Å². The molecular formula is C16H24BrNO4. The zero-order chi connectivity index (χ0) is 16.4. The molecule has 1 unspecified atom stereocenters. The summed E-state index contributed by atoms with van der Waals surface area (Å²) in [6.07, 6.45) is 1.38. The number of likely N-dealkylation sites (tertiary alicyclic amines) is 1. The molecule has 1 fully saturated rings. The third-order valence-electron chi connectivity index (χ3n) is 3.76. The quantitative estimate of drug-likeness (QED) is 0.786. The first-order valence-electron chi connectivity index (χ1n) is 7.59. The lowest BCUT2D eigenvalue weighted by Gasteiger charge is -2.29. The SMILES string of the molecule is CCC1(OCc2ccc(Br)o2)CCN(C(=O)OC(C)(C)C)C1. The molecule has 1 aliphatic heterocycles. The second kappa shape index (κ2) is 6.62. The highest BCUT2D eigenvalue weighted by molar-refractivity contribution is 9.10. The minimum atomic E-state index is -0.476. The number of carbonyl (C=O) groups excluding carboxylic acids is 1. The van der Waals surface area contributed by atoms with Crippen LogP contribution in [0.3, 0.4) is 0 Å². The molecule has 0 radical (unpaired) electrons. The van der Waals surface area contributed by atoms with E-state index in [-0.39, 0.29) is 11.7 Å². The fourth-order valence-corrected chi connectivity index (χ4v) is 2.83. The standard InChI is InChI=1S/C16H24BrNO4/c1-5-16(20-10-12-6-7-13(17)21-12)8-9-18(11-16)14(19)22-15(2,3)4/h6-7H,5,8-11H2,1-4H3. The van der Waals surface area contributed by atoms with Crippen molar-refractivity contribution in [2.75, 3.05) is 13.1 Å². The molecule has 0 bridgehead atoms. The van der Waals surface area contributed by atoms with E-state index in [0.29, 0.717) is 24.4 Å². The van der Waals surface area contributed by atoms with Gasteiger partial charge >= 0.3 is 6.09 Å². The molecule has 0 spiro atoms. The summed E-state index contributed by atoms with van der Waals surface area (Å²) in [5, 5.41) is 0. The summed E-state index contributed by atoms with van der Waals surface area (Å²) in [5.74, 6) is 0.774. The van der Waals surface area contributed by atoms with Crippen molar-refractivity contribution in [1.82, 2.24) is 4.90 Å². The highest BCUT2D eigenvalue weighted by Gasteiger charge is 2.41. The predicted octanol–water partition coefficient (Wildman–Crippen LogP) is 4.35. The molecule has 0 saturated carbocycles. The smallest absolute Gasteiger partial charge is 0.410 e. The van der Waals surface area contributed by atoms with Gasteiger partial charge in [0.2, 0.25) is 0 Å². The molecule has 1 saturated heterocycles. The van der Waals surface area contributed by atoms with Gasteiger partial charge in [-0.15, -0.1) is 0 Å². The molecule has 2 rings (SSSR count). The van der Waals surface area contributed by atoms with E-state index in [1.165, 1.54) is 0 Å². The van der Waals surface area contributed by atoms with E-state index in [2.05, 4.69) is 22.9 Å². The van der Waals surface area contributed by atoms with Gasteiger partial charge in [-0.3, -0.25) is 0 Å². The number of carbonyl (C=O) groups is 1. The molecule has 0 aliphatic carbocycles. The van der Waals surface area contributed by atoms with E-state index in [4.69, 9.17) is 13.9 Å². The number of furan rings is 1. The first-order chi connectivity index (χ1) is 10.2. The van der Waals surface area contributed by atoms with E-state index < -0.39 is 5.60 Å². The molecule has 124 valence electrons. The van der Waals surface area contributed by atoms with Crippen molar-refractivity contribution in [2.45, 2.75) is 58.3 Å². The Balaban J connectivity index is 1.93. The zero-order valence-corrected chi connectivity index (χ0v) is 15.2. The maximum absolute atomic E-state index is 12.2. The van der Waals surface area contributed by atoms with Crippen LogP contribution in [0.1, 0.15) is 46.3 Å². The van der Waals surface area contributed by atoms with E-state index in [0.717, 1.165) is 18.6 Å². The maximum atomic E-state index is 12.2. The summed E-state index contributed by atoms with van der Waals surface area (Å²) in [5.41, 5.74) is -0.800. The topological polar surface area (TPSA) is 51.9 Å².